The topological polar surface area (TPSA) is 99.9 Å². The van der Waals surface area contributed by atoms with E-state index in [2.05, 4.69) is 15.9 Å². The standard InChI is InChI=1S/C24H29BrO7/c1-12(26)9-13-10-16(21(28)30-4)23(2)7-5-15-22(29)32-17(14-6-8-31-20(14)25)11-24(15,3)19(23)18(13)27/h6,8,13,15-17,19H,5,7,9-11H2,1-4H3/t13-,15-,16-,17-,19-,23-,24-/m0/s1. The molecule has 2 saturated carbocycles. The summed E-state index contributed by atoms with van der Waals surface area (Å²) in [6.07, 6.45) is 2.89. The molecular weight excluding hydrogens is 480 g/mol. The number of esters is 2. The molecule has 8 heteroatoms. The highest BCUT2D eigenvalue weighted by molar-refractivity contribution is 9.10. The summed E-state index contributed by atoms with van der Waals surface area (Å²) in [5.41, 5.74) is -0.653. The van der Waals surface area contributed by atoms with E-state index in [1.54, 1.807) is 6.07 Å². The van der Waals surface area contributed by atoms with Crippen molar-refractivity contribution in [1.82, 2.24) is 0 Å². The van der Waals surface area contributed by atoms with Crippen LogP contribution in [0.15, 0.2) is 21.4 Å². The third-order valence-corrected chi connectivity index (χ3v) is 8.92. The Balaban J connectivity index is 1.80. The molecule has 174 valence electrons. The van der Waals surface area contributed by atoms with Gasteiger partial charge >= 0.3 is 11.9 Å². The molecule has 7 nitrogen and oxygen atoms in total. The lowest BCUT2D eigenvalue weighted by atomic mass is 9.42. The van der Waals surface area contributed by atoms with E-state index in [0.717, 1.165) is 5.56 Å². The average Bonchev–Trinajstić information content (AvgIpc) is 3.14. The molecule has 3 aliphatic rings. The molecule has 0 spiro atoms. The number of hydrogen-bond acceptors (Lipinski definition) is 7. The summed E-state index contributed by atoms with van der Waals surface area (Å²) in [4.78, 5) is 51.8. The first-order valence-corrected chi connectivity index (χ1v) is 11.9. The van der Waals surface area contributed by atoms with Gasteiger partial charge in [0.2, 0.25) is 0 Å². The number of ketones is 2. The summed E-state index contributed by atoms with van der Waals surface area (Å²) < 4.78 is 16.8. The van der Waals surface area contributed by atoms with Crippen LogP contribution in [0.2, 0.25) is 0 Å². The summed E-state index contributed by atoms with van der Waals surface area (Å²) in [5.74, 6) is -2.84. The molecule has 3 fully saturated rings. The van der Waals surface area contributed by atoms with Gasteiger partial charge in [0.25, 0.3) is 0 Å². The number of rotatable bonds is 4. The van der Waals surface area contributed by atoms with Gasteiger partial charge in [0.05, 0.1) is 25.2 Å². The van der Waals surface area contributed by atoms with Crippen molar-refractivity contribution in [2.24, 2.45) is 34.5 Å². The molecule has 1 aliphatic heterocycles. The lowest BCUT2D eigenvalue weighted by Crippen LogP contribution is -2.63. The Labute approximate surface area is 195 Å². The van der Waals surface area contributed by atoms with Gasteiger partial charge in [-0.2, -0.15) is 0 Å². The maximum atomic E-state index is 13.9. The quantitative estimate of drug-likeness (QED) is 0.554. The first kappa shape index (κ1) is 23.2. The fourth-order valence-corrected chi connectivity index (χ4v) is 7.37. The molecule has 1 aromatic heterocycles. The van der Waals surface area contributed by atoms with Crippen LogP contribution >= 0.6 is 15.9 Å². The van der Waals surface area contributed by atoms with Gasteiger partial charge in [-0.3, -0.25) is 14.4 Å². The maximum Gasteiger partial charge on any atom is 0.310 e. The van der Waals surface area contributed by atoms with E-state index in [0.29, 0.717) is 30.4 Å². The highest BCUT2D eigenvalue weighted by Crippen LogP contribution is 2.66. The van der Waals surface area contributed by atoms with Crippen LogP contribution in [-0.4, -0.2) is 30.6 Å². The van der Waals surface area contributed by atoms with Crippen LogP contribution < -0.4 is 0 Å². The number of methoxy groups -OCH3 is 1. The second-order valence-electron chi connectivity index (χ2n) is 10.1. The zero-order chi connectivity index (χ0) is 23.4. The number of fused-ring (bicyclic) bond motifs is 3. The van der Waals surface area contributed by atoms with Crippen molar-refractivity contribution in [3.8, 4) is 0 Å². The smallest absolute Gasteiger partial charge is 0.310 e. The third-order valence-electron chi connectivity index (χ3n) is 8.27. The normalized spacial score (nSPS) is 39.0. The van der Waals surface area contributed by atoms with Crippen LogP contribution in [0.4, 0.5) is 0 Å². The van der Waals surface area contributed by atoms with E-state index in [1.165, 1.54) is 20.3 Å². The molecule has 7 atom stereocenters. The van der Waals surface area contributed by atoms with Crippen molar-refractivity contribution >= 4 is 39.4 Å². The van der Waals surface area contributed by atoms with Crippen molar-refractivity contribution in [2.75, 3.05) is 7.11 Å². The van der Waals surface area contributed by atoms with Gasteiger partial charge in [-0.05, 0) is 65.4 Å². The molecule has 0 unspecified atom stereocenters. The van der Waals surface area contributed by atoms with Crippen molar-refractivity contribution < 1.29 is 33.1 Å². The van der Waals surface area contributed by atoms with Crippen LogP contribution in [0.1, 0.15) is 64.5 Å². The summed E-state index contributed by atoms with van der Waals surface area (Å²) >= 11 is 3.37. The number of hydrogen-bond donors (Lipinski definition) is 0. The van der Waals surface area contributed by atoms with Gasteiger partial charge < -0.3 is 18.7 Å². The number of carbonyl (C=O) groups is 4. The minimum absolute atomic E-state index is 0.0187. The predicted octanol–water partition coefficient (Wildman–Crippen LogP) is 4.43. The summed E-state index contributed by atoms with van der Waals surface area (Å²) in [5, 5.41) is 0. The number of furan rings is 1. The second-order valence-corrected chi connectivity index (χ2v) is 10.9. The lowest BCUT2D eigenvalue weighted by molar-refractivity contribution is -0.205. The molecule has 4 rings (SSSR count). The zero-order valence-corrected chi connectivity index (χ0v) is 20.4. The summed E-state index contributed by atoms with van der Waals surface area (Å²) in [6.45, 7) is 5.42. The van der Waals surface area contributed by atoms with Gasteiger partial charge in [-0.15, -0.1) is 0 Å². The van der Waals surface area contributed by atoms with E-state index in [-0.39, 0.29) is 29.9 Å². The first-order valence-electron chi connectivity index (χ1n) is 11.1. The molecule has 1 aromatic rings. The zero-order valence-electron chi connectivity index (χ0n) is 18.8. The molecular formula is C24H29BrO7. The predicted molar refractivity (Wildman–Crippen MR) is 116 cm³/mol. The SMILES string of the molecule is COC(=O)[C@@H]1C[C@H](CC(C)=O)C(=O)[C@H]2[C@@]1(C)CC[C@H]1C(=O)O[C@H](c3ccoc3Br)C[C@]21C. The molecule has 32 heavy (non-hydrogen) atoms. The van der Waals surface area contributed by atoms with Gasteiger partial charge in [0.1, 0.15) is 17.7 Å². The van der Waals surface area contributed by atoms with E-state index in [9.17, 15) is 19.2 Å². The molecule has 0 aromatic carbocycles. The lowest BCUT2D eigenvalue weighted by Gasteiger charge is -2.61. The van der Waals surface area contributed by atoms with E-state index in [1.807, 2.05) is 13.8 Å². The van der Waals surface area contributed by atoms with Gasteiger partial charge in [-0.25, -0.2) is 0 Å². The number of Topliss-reactive ketones (excluding diaryl/α,β-unsaturated/α-hetero) is 2. The first-order chi connectivity index (χ1) is 15.0. The molecule has 0 bridgehead atoms. The molecule has 1 saturated heterocycles. The Morgan fingerprint density at radius 1 is 1.25 bits per heavy atom. The van der Waals surface area contributed by atoms with Crippen molar-refractivity contribution in [3.05, 3.63) is 22.6 Å². The van der Waals surface area contributed by atoms with Crippen LogP contribution in [0.5, 0.6) is 0 Å². The van der Waals surface area contributed by atoms with Gasteiger partial charge in [0, 0.05) is 23.8 Å². The van der Waals surface area contributed by atoms with Crippen molar-refractivity contribution in [3.63, 3.8) is 0 Å². The third kappa shape index (κ3) is 3.45. The minimum Gasteiger partial charge on any atom is -0.469 e. The second kappa shape index (κ2) is 8.12. The molecule has 0 amide bonds. The van der Waals surface area contributed by atoms with Crippen molar-refractivity contribution in [1.29, 1.82) is 0 Å². The average molecular weight is 509 g/mol. The number of ether oxygens (including phenoxy) is 2. The Hall–Kier alpha value is -1.96. The number of carbonyl (C=O) groups excluding carboxylic acids is 4. The van der Waals surface area contributed by atoms with Gasteiger partial charge in [0.15, 0.2) is 4.67 Å². The number of halogens is 1. The minimum atomic E-state index is -0.720. The van der Waals surface area contributed by atoms with Gasteiger partial charge in [-0.1, -0.05) is 13.8 Å². The van der Waals surface area contributed by atoms with Crippen LogP contribution in [0, 0.1) is 34.5 Å². The van der Waals surface area contributed by atoms with E-state index >= 15 is 0 Å². The Morgan fingerprint density at radius 2 is 1.97 bits per heavy atom. The Morgan fingerprint density at radius 3 is 2.56 bits per heavy atom. The fraction of sp³-hybridized carbons (Fsp3) is 0.667. The van der Waals surface area contributed by atoms with E-state index < -0.39 is 40.6 Å². The van der Waals surface area contributed by atoms with Crippen molar-refractivity contribution in [2.45, 2.75) is 59.0 Å². The van der Waals surface area contributed by atoms with Crippen LogP contribution in [0.3, 0.4) is 0 Å². The summed E-state index contributed by atoms with van der Waals surface area (Å²) in [6, 6.07) is 1.76. The molecule has 0 N–H and O–H groups in total. The fourth-order valence-electron chi connectivity index (χ4n) is 6.87. The monoisotopic (exact) mass is 508 g/mol. The van der Waals surface area contributed by atoms with E-state index in [4.69, 9.17) is 13.9 Å². The molecule has 2 heterocycles. The molecule has 2 aliphatic carbocycles. The maximum absolute atomic E-state index is 13.9. The Kier molecular flexibility index (Phi) is 5.89. The highest BCUT2D eigenvalue weighted by atomic mass is 79.9. The largest absolute Gasteiger partial charge is 0.469 e. The number of cyclic esters (lactones) is 1. The highest BCUT2D eigenvalue weighted by Gasteiger charge is 2.67. The van der Waals surface area contributed by atoms with Crippen LogP contribution in [-0.2, 0) is 28.7 Å². The summed E-state index contributed by atoms with van der Waals surface area (Å²) in [7, 11) is 1.36. The van der Waals surface area contributed by atoms with Crippen LogP contribution in [0.25, 0.3) is 0 Å². The molecule has 0 radical (unpaired) electrons. The Bertz CT molecular complexity index is 967.